The first-order valence-corrected chi connectivity index (χ1v) is 8.14. The zero-order chi connectivity index (χ0) is 14.7. The molecule has 2 aromatic rings. The predicted octanol–water partition coefficient (Wildman–Crippen LogP) is 3.12. The van der Waals surface area contributed by atoms with Gasteiger partial charge in [-0.3, -0.25) is 0 Å². The van der Waals surface area contributed by atoms with Gasteiger partial charge in [0.2, 0.25) is 0 Å². The van der Waals surface area contributed by atoms with Crippen LogP contribution in [-0.2, 0) is 6.42 Å². The van der Waals surface area contributed by atoms with Crippen LogP contribution in [0.3, 0.4) is 0 Å². The number of thiazole rings is 1. The first-order chi connectivity index (χ1) is 10.2. The maximum Gasteiger partial charge on any atom is 0.161 e. The molecule has 4 nitrogen and oxygen atoms in total. The highest BCUT2D eigenvalue weighted by Gasteiger charge is 2.14. The van der Waals surface area contributed by atoms with Crippen molar-refractivity contribution in [1.29, 1.82) is 0 Å². The predicted molar refractivity (Wildman–Crippen MR) is 84.4 cm³/mol. The lowest BCUT2D eigenvalue weighted by Gasteiger charge is -2.21. The Morgan fingerprint density at radius 2 is 2.10 bits per heavy atom. The third-order valence-electron chi connectivity index (χ3n) is 3.71. The van der Waals surface area contributed by atoms with E-state index in [1.54, 1.807) is 11.3 Å². The Bertz CT molecular complexity index is 612. The van der Waals surface area contributed by atoms with E-state index in [-0.39, 0.29) is 6.04 Å². The summed E-state index contributed by atoms with van der Waals surface area (Å²) in [5.74, 6) is 1.70. The highest BCUT2D eigenvalue weighted by Crippen LogP contribution is 2.32. The molecule has 0 fully saturated rings. The third kappa shape index (κ3) is 3.36. The zero-order valence-corrected chi connectivity index (χ0v) is 13.2. The molecule has 1 aromatic heterocycles. The average molecular weight is 304 g/mol. The van der Waals surface area contributed by atoms with Crippen molar-refractivity contribution in [2.45, 2.75) is 26.3 Å². The van der Waals surface area contributed by atoms with E-state index in [1.165, 1.54) is 10.4 Å². The molecule has 2 heterocycles. The van der Waals surface area contributed by atoms with Crippen molar-refractivity contribution in [2.75, 3.05) is 19.8 Å². The van der Waals surface area contributed by atoms with E-state index in [0.717, 1.165) is 30.2 Å². The van der Waals surface area contributed by atoms with Crippen LogP contribution in [0, 0.1) is 6.92 Å². The molecule has 1 atom stereocenters. The number of fused-ring (bicyclic) bond motifs is 1. The van der Waals surface area contributed by atoms with Gasteiger partial charge in [0, 0.05) is 17.5 Å². The number of ether oxygens (including phenoxy) is 2. The summed E-state index contributed by atoms with van der Waals surface area (Å²) in [5, 5.41) is 3.55. The van der Waals surface area contributed by atoms with Crippen molar-refractivity contribution >= 4 is 11.3 Å². The molecule has 1 aromatic carbocycles. The molecule has 112 valence electrons. The van der Waals surface area contributed by atoms with Gasteiger partial charge in [0.05, 0.1) is 11.2 Å². The van der Waals surface area contributed by atoms with Gasteiger partial charge in [-0.05, 0) is 38.0 Å². The van der Waals surface area contributed by atoms with Crippen LogP contribution in [0.2, 0.25) is 0 Å². The van der Waals surface area contributed by atoms with E-state index in [2.05, 4.69) is 36.3 Å². The van der Waals surface area contributed by atoms with E-state index in [4.69, 9.17) is 9.47 Å². The molecule has 0 aliphatic carbocycles. The topological polar surface area (TPSA) is 43.4 Å². The number of aryl methyl sites for hydroxylation is 1. The number of hydrogen-bond donors (Lipinski definition) is 1. The highest BCUT2D eigenvalue weighted by atomic mass is 32.1. The van der Waals surface area contributed by atoms with Crippen LogP contribution in [-0.4, -0.2) is 24.7 Å². The summed E-state index contributed by atoms with van der Waals surface area (Å²) in [6, 6.07) is 6.46. The van der Waals surface area contributed by atoms with Gasteiger partial charge >= 0.3 is 0 Å². The van der Waals surface area contributed by atoms with Crippen LogP contribution in [0.25, 0.3) is 0 Å². The normalized spacial score (nSPS) is 15.0. The Labute approximate surface area is 129 Å². The first kappa shape index (κ1) is 14.4. The second kappa shape index (κ2) is 6.45. The summed E-state index contributed by atoms with van der Waals surface area (Å²) in [6.07, 6.45) is 1.02. The molecule has 0 saturated heterocycles. The molecule has 1 unspecified atom stereocenters. The van der Waals surface area contributed by atoms with Crippen LogP contribution in [0.15, 0.2) is 23.7 Å². The maximum absolute atomic E-state index is 5.63. The average Bonchev–Trinajstić information content (AvgIpc) is 2.92. The highest BCUT2D eigenvalue weighted by molar-refractivity contribution is 7.09. The minimum atomic E-state index is 0.286. The lowest BCUT2D eigenvalue weighted by atomic mass is 10.1. The maximum atomic E-state index is 5.63. The lowest BCUT2D eigenvalue weighted by molar-refractivity contribution is 0.171. The smallest absolute Gasteiger partial charge is 0.161 e. The van der Waals surface area contributed by atoms with Gasteiger partial charge in [-0.2, -0.15) is 0 Å². The van der Waals surface area contributed by atoms with Crippen LogP contribution in [0.4, 0.5) is 0 Å². The number of rotatable bonds is 5. The van der Waals surface area contributed by atoms with Crippen molar-refractivity contribution in [3.63, 3.8) is 0 Å². The van der Waals surface area contributed by atoms with Gasteiger partial charge in [0.1, 0.15) is 13.2 Å². The molecule has 0 bridgehead atoms. The molecular weight excluding hydrogens is 284 g/mol. The molecule has 1 N–H and O–H groups in total. The minimum Gasteiger partial charge on any atom is -0.486 e. The van der Waals surface area contributed by atoms with Gasteiger partial charge in [-0.15, -0.1) is 11.3 Å². The van der Waals surface area contributed by atoms with Crippen molar-refractivity contribution in [2.24, 2.45) is 0 Å². The van der Waals surface area contributed by atoms with Crippen molar-refractivity contribution in [3.8, 4) is 11.5 Å². The van der Waals surface area contributed by atoms with Crippen molar-refractivity contribution < 1.29 is 9.47 Å². The van der Waals surface area contributed by atoms with E-state index < -0.39 is 0 Å². The number of hydrogen-bond acceptors (Lipinski definition) is 5. The fourth-order valence-corrected chi connectivity index (χ4v) is 3.20. The number of aromatic nitrogens is 1. The zero-order valence-electron chi connectivity index (χ0n) is 12.4. The Hall–Kier alpha value is -1.59. The minimum absolute atomic E-state index is 0.286. The molecule has 0 amide bonds. The van der Waals surface area contributed by atoms with Gasteiger partial charge in [0.15, 0.2) is 11.5 Å². The van der Waals surface area contributed by atoms with Crippen LogP contribution >= 0.6 is 11.3 Å². The van der Waals surface area contributed by atoms with Crippen molar-refractivity contribution in [1.82, 2.24) is 10.3 Å². The summed E-state index contributed by atoms with van der Waals surface area (Å²) in [5.41, 5.74) is 4.28. The summed E-state index contributed by atoms with van der Waals surface area (Å²) in [4.78, 5) is 5.64. The molecule has 0 radical (unpaired) electrons. The molecule has 0 saturated carbocycles. The summed E-state index contributed by atoms with van der Waals surface area (Å²) in [6.45, 7) is 6.44. The third-order valence-corrected chi connectivity index (χ3v) is 4.71. The lowest BCUT2D eigenvalue weighted by Crippen LogP contribution is -2.22. The fraction of sp³-hybridized carbons (Fsp3) is 0.438. The Morgan fingerprint density at radius 3 is 2.86 bits per heavy atom. The van der Waals surface area contributed by atoms with Crippen LogP contribution in [0.5, 0.6) is 11.5 Å². The molecule has 3 rings (SSSR count). The van der Waals surface area contributed by atoms with Crippen molar-refractivity contribution in [3.05, 3.63) is 39.8 Å². The first-order valence-electron chi connectivity index (χ1n) is 7.26. The molecule has 5 heteroatoms. The standard InChI is InChI=1S/C16H20N2O2S/c1-11(17-6-5-16-12(2)18-10-21-16)13-3-4-14-15(9-13)20-8-7-19-14/h3-4,9-11,17H,5-8H2,1-2H3. The summed E-state index contributed by atoms with van der Waals surface area (Å²) >= 11 is 1.73. The molecular formula is C16H20N2O2S. The monoisotopic (exact) mass is 304 g/mol. The quantitative estimate of drug-likeness (QED) is 0.922. The number of benzene rings is 1. The molecule has 1 aliphatic rings. The van der Waals surface area contributed by atoms with Gasteiger partial charge < -0.3 is 14.8 Å². The Kier molecular flexibility index (Phi) is 4.41. The van der Waals surface area contributed by atoms with Gasteiger partial charge in [-0.25, -0.2) is 4.98 Å². The van der Waals surface area contributed by atoms with Gasteiger partial charge in [-0.1, -0.05) is 6.07 Å². The number of nitrogens with one attached hydrogen (secondary N) is 1. The Balaban J connectivity index is 1.58. The number of nitrogens with zero attached hydrogens (tertiary/aromatic N) is 1. The Morgan fingerprint density at radius 1 is 1.29 bits per heavy atom. The van der Waals surface area contributed by atoms with E-state index in [0.29, 0.717) is 13.2 Å². The SMILES string of the molecule is Cc1ncsc1CCNC(C)c1ccc2c(c1)OCCO2. The van der Waals surface area contributed by atoms with E-state index in [9.17, 15) is 0 Å². The summed E-state index contributed by atoms with van der Waals surface area (Å²) < 4.78 is 11.2. The molecule has 0 spiro atoms. The van der Waals surface area contributed by atoms with Gasteiger partial charge in [0.25, 0.3) is 0 Å². The second-order valence-electron chi connectivity index (χ2n) is 5.19. The molecule has 21 heavy (non-hydrogen) atoms. The van der Waals surface area contributed by atoms with Crippen LogP contribution < -0.4 is 14.8 Å². The van der Waals surface area contributed by atoms with Crippen LogP contribution in [0.1, 0.15) is 29.1 Å². The summed E-state index contributed by atoms with van der Waals surface area (Å²) in [7, 11) is 0. The molecule has 1 aliphatic heterocycles. The largest absolute Gasteiger partial charge is 0.486 e. The fourth-order valence-electron chi connectivity index (χ4n) is 2.42. The second-order valence-corrected chi connectivity index (χ2v) is 6.13. The van der Waals surface area contributed by atoms with E-state index >= 15 is 0 Å². The van der Waals surface area contributed by atoms with E-state index in [1.807, 2.05) is 11.6 Å².